The number of halogens is 1. The summed E-state index contributed by atoms with van der Waals surface area (Å²) in [4.78, 5) is 16.9. The predicted octanol–water partition coefficient (Wildman–Crippen LogP) is 2.86. The van der Waals surface area contributed by atoms with Crippen molar-refractivity contribution in [3.63, 3.8) is 0 Å². The first-order valence-electron chi connectivity index (χ1n) is 7.81. The van der Waals surface area contributed by atoms with Crippen molar-refractivity contribution < 1.29 is 14.3 Å². The molecule has 6 heteroatoms. The Hall–Kier alpha value is -1.98. The van der Waals surface area contributed by atoms with E-state index in [1.807, 2.05) is 12.3 Å². The number of allylic oxidation sites excluding steroid dienone is 1. The Kier molecular flexibility index (Phi) is 6.70. The Morgan fingerprint density at radius 2 is 1.96 bits per heavy atom. The molecule has 0 N–H and O–H groups in total. The number of piperazine rings is 1. The highest BCUT2D eigenvalue weighted by Crippen LogP contribution is 2.37. The molecule has 24 heavy (non-hydrogen) atoms. The zero-order valence-corrected chi connectivity index (χ0v) is 14.9. The van der Waals surface area contributed by atoms with Crippen molar-refractivity contribution in [2.45, 2.75) is 0 Å². The van der Waals surface area contributed by atoms with Gasteiger partial charge in [0.25, 0.3) is 0 Å². The Bertz CT molecular complexity index is 623. The van der Waals surface area contributed by atoms with Gasteiger partial charge in [0.05, 0.1) is 19.2 Å². The number of hydrogen-bond donors (Lipinski definition) is 0. The summed E-state index contributed by atoms with van der Waals surface area (Å²) < 4.78 is 10.4. The van der Waals surface area contributed by atoms with E-state index in [1.54, 1.807) is 18.2 Å². The van der Waals surface area contributed by atoms with Crippen LogP contribution in [-0.2, 0) is 0 Å². The maximum absolute atomic E-state index is 12.4. The van der Waals surface area contributed by atoms with Gasteiger partial charge in [0.2, 0.25) is 0 Å². The summed E-state index contributed by atoms with van der Waals surface area (Å²) in [6, 6.07) is 3.33. The molecule has 2 rings (SSSR count). The second-order valence-electron chi connectivity index (χ2n) is 5.47. The fraction of sp³-hybridized carbons (Fsp3) is 0.389. The molecule has 0 saturated carbocycles. The van der Waals surface area contributed by atoms with Gasteiger partial charge >= 0.3 is 0 Å². The maximum Gasteiger partial charge on any atom is 0.188 e. The summed E-state index contributed by atoms with van der Waals surface area (Å²) in [6.45, 7) is 8.35. The molecule has 0 spiro atoms. The summed E-state index contributed by atoms with van der Waals surface area (Å²) in [5, 5.41) is 0.266. The van der Waals surface area contributed by atoms with Crippen LogP contribution in [0.2, 0.25) is 5.02 Å². The van der Waals surface area contributed by atoms with Crippen LogP contribution in [-0.4, -0.2) is 62.5 Å². The SMILES string of the molecule is C=CCN1CCN(C=CC(=O)c2ccc(OC)c(OC)c2Cl)CC1. The molecule has 0 aliphatic carbocycles. The zero-order valence-electron chi connectivity index (χ0n) is 14.1. The minimum Gasteiger partial charge on any atom is -0.493 e. The monoisotopic (exact) mass is 350 g/mol. The second kappa shape index (κ2) is 8.76. The Balaban J connectivity index is 2.04. The van der Waals surface area contributed by atoms with Gasteiger partial charge < -0.3 is 14.4 Å². The molecule has 1 saturated heterocycles. The average Bonchev–Trinajstić information content (AvgIpc) is 2.60. The summed E-state index contributed by atoms with van der Waals surface area (Å²) >= 11 is 6.27. The van der Waals surface area contributed by atoms with Crippen LogP contribution in [0.4, 0.5) is 0 Å². The fourth-order valence-electron chi connectivity index (χ4n) is 2.62. The van der Waals surface area contributed by atoms with Crippen molar-refractivity contribution in [1.82, 2.24) is 9.80 Å². The molecule has 1 aliphatic heterocycles. The van der Waals surface area contributed by atoms with E-state index in [0.29, 0.717) is 17.1 Å². The van der Waals surface area contributed by atoms with Crippen LogP contribution in [0.25, 0.3) is 0 Å². The first kappa shape index (κ1) is 18.4. The van der Waals surface area contributed by atoms with Crippen LogP contribution < -0.4 is 9.47 Å². The van der Waals surface area contributed by atoms with Gasteiger partial charge in [-0.05, 0) is 12.1 Å². The number of ketones is 1. The third-order valence-corrected chi connectivity index (χ3v) is 4.36. The van der Waals surface area contributed by atoms with Crippen LogP contribution in [0.15, 0.2) is 37.1 Å². The minimum atomic E-state index is -0.158. The van der Waals surface area contributed by atoms with E-state index in [4.69, 9.17) is 21.1 Å². The zero-order chi connectivity index (χ0) is 17.5. The largest absolute Gasteiger partial charge is 0.493 e. The van der Waals surface area contributed by atoms with Gasteiger partial charge in [-0.25, -0.2) is 0 Å². The average molecular weight is 351 g/mol. The topological polar surface area (TPSA) is 42.0 Å². The van der Waals surface area contributed by atoms with Gasteiger partial charge in [-0.15, -0.1) is 6.58 Å². The Morgan fingerprint density at radius 1 is 1.25 bits per heavy atom. The predicted molar refractivity (Wildman–Crippen MR) is 96.2 cm³/mol. The number of carbonyl (C=O) groups is 1. The van der Waals surface area contributed by atoms with Crippen LogP contribution >= 0.6 is 11.6 Å². The maximum atomic E-state index is 12.4. The van der Waals surface area contributed by atoms with Crippen molar-refractivity contribution >= 4 is 17.4 Å². The molecule has 0 amide bonds. The van der Waals surface area contributed by atoms with E-state index in [-0.39, 0.29) is 10.8 Å². The highest BCUT2D eigenvalue weighted by molar-refractivity contribution is 6.36. The molecule has 1 aliphatic rings. The number of nitrogens with zero attached hydrogens (tertiary/aromatic N) is 2. The lowest BCUT2D eigenvalue weighted by atomic mass is 10.1. The Morgan fingerprint density at radius 3 is 2.54 bits per heavy atom. The number of ether oxygens (including phenoxy) is 2. The van der Waals surface area contributed by atoms with E-state index < -0.39 is 0 Å². The molecule has 0 unspecified atom stereocenters. The van der Waals surface area contributed by atoms with Gasteiger partial charge in [0.1, 0.15) is 0 Å². The van der Waals surface area contributed by atoms with Gasteiger partial charge in [-0.3, -0.25) is 9.69 Å². The summed E-state index contributed by atoms with van der Waals surface area (Å²) in [6.07, 6.45) is 5.30. The van der Waals surface area contributed by atoms with E-state index in [0.717, 1.165) is 32.7 Å². The van der Waals surface area contributed by atoms with Crippen LogP contribution in [0, 0.1) is 0 Å². The lowest BCUT2D eigenvalue weighted by molar-refractivity contribution is 0.104. The first-order valence-corrected chi connectivity index (χ1v) is 8.18. The molecule has 0 atom stereocenters. The van der Waals surface area contributed by atoms with Crippen molar-refractivity contribution in [2.75, 3.05) is 46.9 Å². The fourth-order valence-corrected chi connectivity index (χ4v) is 2.95. The van der Waals surface area contributed by atoms with Crippen LogP contribution in [0.3, 0.4) is 0 Å². The van der Waals surface area contributed by atoms with E-state index in [1.165, 1.54) is 14.2 Å². The summed E-state index contributed by atoms with van der Waals surface area (Å²) in [5.41, 5.74) is 0.399. The van der Waals surface area contributed by atoms with Crippen molar-refractivity contribution in [3.8, 4) is 11.5 Å². The van der Waals surface area contributed by atoms with E-state index in [2.05, 4.69) is 16.4 Å². The highest BCUT2D eigenvalue weighted by Gasteiger charge is 2.17. The minimum absolute atomic E-state index is 0.158. The molecule has 1 aromatic carbocycles. The number of methoxy groups -OCH3 is 2. The molecule has 1 aromatic rings. The third-order valence-electron chi connectivity index (χ3n) is 3.98. The molecule has 5 nitrogen and oxygen atoms in total. The van der Waals surface area contributed by atoms with Crippen molar-refractivity contribution in [3.05, 3.63) is 47.6 Å². The number of benzene rings is 1. The summed E-state index contributed by atoms with van der Waals surface area (Å²) in [5.74, 6) is 0.715. The second-order valence-corrected chi connectivity index (χ2v) is 5.85. The molecule has 0 bridgehead atoms. The summed E-state index contributed by atoms with van der Waals surface area (Å²) in [7, 11) is 3.03. The van der Waals surface area contributed by atoms with E-state index >= 15 is 0 Å². The van der Waals surface area contributed by atoms with Gasteiger partial charge in [-0.1, -0.05) is 17.7 Å². The number of carbonyl (C=O) groups excluding carboxylic acids is 1. The van der Waals surface area contributed by atoms with Gasteiger partial charge in [-0.2, -0.15) is 0 Å². The molecule has 0 aromatic heterocycles. The molecular weight excluding hydrogens is 328 g/mol. The van der Waals surface area contributed by atoms with Gasteiger partial charge in [0.15, 0.2) is 17.3 Å². The number of rotatable bonds is 7. The molecule has 0 radical (unpaired) electrons. The van der Waals surface area contributed by atoms with E-state index in [9.17, 15) is 4.79 Å². The van der Waals surface area contributed by atoms with Crippen LogP contribution in [0.5, 0.6) is 11.5 Å². The molecular formula is C18H23ClN2O3. The van der Waals surface area contributed by atoms with Crippen molar-refractivity contribution in [2.24, 2.45) is 0 Å². The Labute approximate surface area is 148 Å². The first-order chi connectivity index (χ1) is 11.6. The smallest absolute Gasteiger partial charge is 0.188 e. The quantitative estimate of drug-likeness (QED) is 0.430. The molecule has 1 heterocycles. The van der Waals surface area contributed by atoms with Crippen molar-refractivity contribution in [1.29, 1.82) is 0 Å². The molecule has 130 valence electrons. The normalized spacial score (nSPS) is 15.5. The van der Waals surface area contributed by atoms with Crippen LogP contribution in [0.1, 0.15) is 10.4 Å². The standard InChI is InChI=1S/C18H23ClN2O3/c1-4-8-20-10-12-21(13-11-20)9-7-15(22)14-5-6-16(23-2)18(24-3)17(14)19/h4-7,9H,1,8,10-13H2,2-3H3. The number of hydrogen-bond acceptors (Lipinski definition) is 5. The van der Waals surface area contributed by atoms with Gasteiger partial charge in [0, 0.05) is 50.6 Å². The third kappa shape index (κ3) is 4.30. The lowest BCUT2D eigenvalue weighted by Crippen LogP contribution is -2.43. The highest BCUT2D eigenvalue weighted by atomic mass is 35.5. The lowest BCUT2D eigenvalue weighted by Gasteiger charge is -2.33. The molecule has 1 fully saturated rings.